The average molecular weight is 348 g/mol. The van der Waals surface area contributed by atoms with Gasteiger partial charge in [0.05, 0.1) is 18.9 Å². The molecule has 3 aromatic rings. The number of esters is 1. The van der Waals surface area contributed by atoms with Gasteiger partial charge in [-0.1, -0.05) is 35.5 Å². The molecule has 124 valence electrons. The Labute approximate surface area is 137 Å². The number of furan rings is 1. The predicted octanol–water partition coefficient (Wildman–Crippen LogP) is 2.52. The number of hydrogen-bond acceptors (Lipinski definition) is 7. The van der Waals surface area contributed by atoms with Crippen LogP contribution in [0.15, 0.2) is 62.9 Å². The first-order valence-electron chi connectivity index (χ1n) is 6.71. The third-order valence-electron chi connectivity index (χ3n) is 3.11. The summed E-state index contributed by atoms with van der Waals surface area (Å²) in [6.45, 7) is 0. The highest BCUT2D eigenvalue weighted by atomic mass is 32.2. The van der Waals surface area contributed by atoms with E-state index in [9.17, 15) is 13.2 Å². The zero-order valence-corrected chi connectivity index (χ0v) is 13.2. The molecule has 24 heavy (non-hydrogen) atoms. The number of nitrogens with zero attached hydrogens (tertiary/aromatic N) is 1. The number of rotatable bonds is 5. The average Bonchev–Trinajstić information content (AvgIpc) is 3.24. The minimum Gasteiger partial charge on any atom is -0.465 e. The fraction of sp³-hybridized carbons (Fsp3) is 0.0667. The number of ether oxygens (including phenoxy) is 1. The third kappa shape index (κ3) is 3.01. The highest BCUT2D eigenvalue weighted by molar-refractivity contribution is 7.92. The Hall–Kier alpha value is -3.07. The van der Waals surface area contributed by atoms with E-state index in [0.29, 0.717) is 5.56 Å². The topological polar surface area (TPSA) is 112 Å². The molecule has 0 aliphatic heterocycles. The summed E-state index contributed by atoms with van der Waals surface area (Å²) in [5, 5.41) is 3.19. The summed E-state index contributed by atoms with van der Waals surface area (Å²) < 4.78 is 41.6. The van der Waals surface area contributed by atoms with Crippen LogP contribution >= 0.6 is 0 Å². The van der Waals surface area contributed by atoms with Crippen LogP contribution in [-0.4, -0.2) is 26.7 Å². The number of anilines is 1. The van der Waals surface area contributed by atoms with Gasteiger partial charge in [0, 0.05) is 11.6 Å². The maximum Gasteiger partial charge on any atom is 0.341 e. The molecule has 9 heteroatoms. The zero-order chi connectivity index (χ0) is 17.2. The van der Waals surface area contributed by atoms with E-state index in [1.54, 1.807) is 24.3 Å². The van der Waals surface area contributed by atoms with Crippen molar-refractivity contribution in [2.45, 2.75) is 5.09 Å². The number of methoxy groups -OCH3 is 1. The lowest BCUT2D eigenvalue weighted by Gasteiger charge is -2.04. The van der Waals surface area contributed by atoms with Gasteiger partial charge in [0.15, 0.2) is 5.76 Å². The first-order chi connectivity index (χ1) is 11.5. The Morgan fingerprint density at radius 1 is 1.25 bits per heavy atom. The first-order valence-corrected chi connectivity index (χ1v) is 8.19. The van der Waals surface area contributed by atoms with E-state index in [-0.39, 0.29) is 17.0 Å². The molecule has 0 fully saturated rings. The van der Waals surface area contributed by atoms with E-state index < -0.39 is 21.1 Å². The van der Waals surface area contributed by atoms with Crippen molar-refractivity contribution in [1.82, 2.24) is 5.16 Å². The maximum absolute atomic E-state index is 12.4. The van der Waals surface area contributed by atoms with Crippen LogP contribution < -0.4 is 4.72 Å². The smallest absolute Gasteiger partial charge is 0.341 e. The van der Waals surface area contributed by atoms with Crippen LogP contribution in [-0.2, 0) is 14.8 Å². The highest BCUT2D eigenvalue weighted by Gasteiger charge is 2.24. The molecule has 1 aromatic carbocycles. The second kappa shape index (κ2) is 6.20. The second-order valence-corrected chi connectivity index (χ2v) is 6.30. The number of nitrogens with one attached hydrogen (secondary N) is 1. The lowest BCUT2D eigenvalue weighted by Crippen LogP contribution is -2.12. The minimum absolute atomic E-state index is 0.00789. The fourth-order valence-corrected chi connectivity index (χ4v) is 2.98. The summed E-state index contributed by atoms with van der Waals surface area (Å²) >= 11 is 0. The summed E-state index contributed by atoms with van der Waals surface area (Å²) in [6, 6.07) is 9.96. The summed E-state index contributed by atoms with van der Waals surface area (Å²) in [7, 11) is -2.87. The monoisotopic (exact) mass is 348 g/mol. The molecule has 2 heterocycles. The number of aromatic nitrogens is 1. The first kappa shape index (κ1) is 15.8. The molecular formula is C15H12N2O6S. The van der Waals surface area contributed by atoms with Gasteiger partial charge in [0.25, 0.3) is 10.0 Å². The van der Waals surface area contributed by atoms with Gasteiger partial charge in [-0.05, 0) is 0 Å². The summed E-state index contributed by atoms with van der Waals surface area (Å²) in [5.74, 6) is -0.436. The Balaban J connectivity index is 1.90. The van der Waals surface area contributed by atoms with Crippen molar-refractivity contribution in [3.05, 3.63) is 54.4 Å². The zero-order valence-electron chi connectivity index (χ0n) is 12.4. The number of benzene rings is 1. The molecule has 0 bridgehead atoms. The van der Waals surface area contributed by atoms with E-state index in [0.717, 1.165) is 12.3 Å². The molecule has 0 saturated carbocycles. The third-order valence-corrected chi connectivity index (χ3v) is 4.34. The Morgan fingerprint density at radius 2 is 2.00 bits per heavy atom. The standard InChI is InChI=1S/C15H12N2O6S/c1-21-15(18)11-7-13(22-9-11)24(19,20)17-12-8-16-23-14(12)10-5-3-2-4-6-10/h2-9,17H,1H3. The number of hydrogen-bond donors (Lipinski definition) is 1. The second-order valence-electron chi connectivity index (χ2n) is 4.69. The lowest BCUT2D eigenvalue weighted by molar-refractivity contribution is 0.0600. The van der Waals surface area contributed by atoms with Gasteiger partial charge in [0.2, 0.25) is 5.09 Å². The van der Waals surface area contributed by atoms with Gasteiger partial charge < -0.3 is 13.7 Å². The van der Waals surface area contributed by atoms with Gasteiger partial charge in [-0.2, -0.15) is 8.42 Å². The summed E-state index contributed by atoms with van der Waals surface area (Å²) in [5.41, 5.74) is 0.797. The molecule has 0 atom stereocenters. The van der Waals surface area contributed by atoms with Gasteiger partial charge >= 0.3 is 5.97 Å². The molecule has 2 aromatic heterocycles. The van der Waals surface area contributed by atoms with Gasteiger partial charge in [0.1, 0.15) is 12.0 Å². The molecule has 0 aliphatic carbocycles. The minimum atomic E-state index is -4.06. The molecular weight excluding hydrogens is 336 g/mol. The van der Waals surface area contributed by atoms with Gasteiger partial charge in [-0.3, -0.25) is 4.72 Å². The molecule has 0 radical (unpaired) electrons. The molecule has 8 nitrogen and oxygen atoms in total. The van der Waals surface area contributed by atoms with E-state index in [1.165, 1.54) is 13.3 Å². The van der Waals surface area contributed by atoms with Gasteiger partial charge in [-0.15, -0.1) is 0 Å². The van der Waals surface area contributed by atoms with Crippen molar-refractivity contribution in [2.75, 3.05) is 11.8 Å². The largest absolute Gasteiger partial charge is 0.465 e. The molecule has 0 unspecified atom stereocenters. The van der Waals surface area contributed by atoms with Crippen molar-refractivity contribution < 1.29 is 26.9 Å². The maximum atomic E-state index is 12.4. The Kier molecular flexibility index (Phi) is 4.09. The van der Waals surface area contributed by atoms with Crippen LogP contribution in [0.3, 0.4) is 0 Å². The van der Waals surface area contributed by atoms with Gasteiger partial charge in [-0.25, -0.2) is 4.79 Å². The SMILES string of the molecule is COC(=O)c1coc(S(=O)(=O)Nc2cnoc2-c2ccccc2)c1. The Bertz CT molecular complexity index is 959. The van der Waals surface area contributed by atoms with Crippen LogP contribution in [0.25, 0.3) is 11.3 Å². The normalized spacial score (nSPS) is 11.2. The van der Waals surface area contributed by atoms with Crippen molar-refractivity contribution in [1.29, 1.82) is 0 Å². The quantitative estimate of drug-likeness (QED) is 0.705. The highest BCUT2D eigenvalue weighted by Crippen LogP contribution is 2.29. The van der Waals surface area contributed by atoms with Crippen LogP contribution in [0.2, 0.25) is 0 Å². The van der Waals surface area contributed by atoms with Crippen molar-refractivity contribution in [3.63, 3.8) is 0 Å². The van der Waals surface area contributed by atoms with Crippen molar-refractivity contribution in [2.24, 2.45) is 0 Å². The van der Waals surface area contributed by atoms with E-state index in [2.05, 4.69) is 14.6 Å². The molecule has 3 rings (SSSR count). The predicted molar refractivity (Wildman–Crippen MR) is 82.8 cm³/mol. The number of sulfonamides is 1. The van der Waals surface area contributed by atoms with Crippen molar-refractivity contribution >= 4 is 21.7 Å². The van der Waals surface area contributed by atoms with Crippen LogP contribution in [0.1, 0.15) is 10.4 Å². The molecule has 0 saturated heterocycles. The summed E-state index contributed by atoms with van der Waals surface area (Å²) in [6.07, 6.45) is 2.25. The number of carbonyl (C=O) groups is 1. The van der Waals surface area contributed by atoms with Crippen LogP contribution in [0.5, 0.6) is 0 Å². The molecule has 0 aliphatic rings. The molecule has 1 N–H and O–H groups in total. The van der Waals surface area contributed by atoms with Crippen LogP contribution in [0, 0.1) is 0 Å². The van der Waals surface area contributed by atoms with E-state index >= 15 is 0 Å². The van der Waals surface area contributed by atoms with Crippen LogP contribution in [0.4, 0.5) is 5.69 Å². The Morgan fingerprint density at radius 3 is 2.71 bits per heavy atom. The van der Waals surface area contributed by atoms with E-state index in [4.69, 9.17) is 8.94 Å². The van der Waals surface area contributed by atoms with Crippen molar-refractivity contribution in [3.8, 4) is 11.3 Å². The summed E-state index contributed by atoms with van der Waals surface area (Å²) in [4.78, 5) is 11.4. The number of carbonyl (C=O) groups excluding carboxylic acids is 1. The fourth-order valence-electron chi connectivity index (χ4n) is 1.99. The van der Waals surface area contributed by atoms with E-state index in [1.807, 2.05) is 6.07 Å². The molecule has 0 amide bonds. The molecule has 0 spiro atoms. The lowest BCUT2D eigenvalue weighted by atomic mass is 10.1.